The van der Waals surface area contributed by atoms with Gasteiger partial charge in [-0.3, -0.25) is 4.79 Å². The minimum atomic E-state index is -1.46. The fourth-order valence-corrected chi connectivity index (χ4v) is 3.50. The molecular weight excluding hydrogens is 363 g/mol. The van der Waals surface area contributed by atoms with Gasteiger partial charge in [0.05, 0.1) is 18.5 Å². The van der Waals surface area contributed by atoms with Crippen LogP contribution in [0.5, 0.6) is 0 Å². The predicted octanol–water partition coefficient (Wildman–Crippen LogP) is 2.47. The summed E-state index contributed by atoms with van der Waals surface area (Å²) in [5.41, 5.74) is 0.289. The number of carbonyl (C=O) groups is 1. The molecule has 27 heavy (non-hydrogen) atoms. The number of carbonyl (C=O) groups excluding carboxylic acids is 1. The Morgan fingerprint density at radius 2 is 2.00 bits per heavy atom. The standard InChI is InChI=1S/C17H16F3N5O2/c18-11-5-10(6-12(19)7-11)15-1-3-22-25(15)16(26)13-2-4-24(8-14(13)20)17-23-21-9-27-17/h3,5-7,9,13-15H,1-2,4,8H2. The third-order valence-corrected chi connectivity index (χ3v) is 4.80. The van der Waals surface area contributed by atoms with Crippen molar-refractivity contribution in [2.45, 2.75) is 25.1 Å². The van der Waals surface area contributed by atoms with Crippen LogP contribution in [0.4, 0.5) is 19.2 Å². The molecule has 4 rings (SSSR count). The first-order valence-electron chi connectivity index (χ1n) is 8.49. The zero-order chi connectivity index (χ0) is 19.0. The molecular formula is C17H16F3N5O2. The van der Waals surface area contributed by atoms with Crippen LogP contribution >= 0.6 is 0 Å². The number of nitrogens with zero attached hydrogens (tertiary/aromatic N) is 5. The van der Waals surface area contributed by atoms with E-state index in [9.17, 15) is 18.0 Å². The fourth-order valence-electron chi connectivity index (χ4n) is 3.50. The average Bonchev–Trinajstić information content (AvgIpc) is 3.32. The molecule has 1 aromatic carbocycles. The molecule has 7 nitrogen and oxygen atoms in total. The van der Waals surface area contributed by atoms with Gasteiger partial charge in [0.25, 0.3) is 0 Å². The Morgan fingerprint density at radius 3 is 2.67 bits per heavy atom. The number of hydrogen-bond donors (Lipinski definition) is 0. The van der Waals surface area contributed by atoms with Gasteiger partial charge in [0.2, 0.25) is 12.3 Å². The molecule has 0 spiro atoms. The number of alkyl halides is 1. The van der Waals surface area contributed by atoms with Crippen molar-refractivity contribution in [2.24, 2.45) is 11.0 Å². The molecule has 142 valence electrons. The number of halogens is 3. The van der Waals surface area contributed by atoms with Gasteiger partial charge in [-0.25, -0.2) is 18.2 Å². The number of aromatic nitrogens is 2. The lowest BCUT2D eigenvalue weighted by Crippen LogP contribution is -2.48. The maximum Gasteiger partial charge on any atom is 0.318 e. The minimum Gasteiger partial charge on any atom is -0.411 e. The molecule has 3 unspecified atom stereocenters. The van der Waals surface area contributed by atoms with E-state index in [1.54, 1.807) is 4.90 Å². The van der Waals surface area contributed by atoms with E-state index in [4.69, 9.17) is 4.42 Å². The number of piperidine rings is 1. The molecule has 0 saturated carbocycles. The van der Waals surface area contributed by atoms with E-state index >= 15 is 0 Å². The van der Waals surface area contributed by atoms with Crippen molar-refractivity contribution < 1.29 is 22.4 Å². The number of rotatable bonds is 3. The largest absolute Gasteiger partial charge is 0.411 e. The van der Waals surface area contributed by atoms with Crippen LogP contribution in [0.25, 0.3) is 0 Å². The van der Waals surface area contributed by atoms with E-state index in [1.807, 2.05) is 0 Å². The molecule has 0 N–H and O–H groups in total. The van der Waals surface area contributed by atoms with Crippen LogP contribution in [0.2, 0.25) is 0 Å². The molecule has 1 amide bonds. The highest BCUT2D eigenvalue weighted by atomic mass is 19.1. The highest BCUT2D eigenvalue weighted by molar-refractivity contribution is 5.82. The van der Waals surface area contributed by atoms with Crippen molar-refractivity contribution >= 4 is 18.1 Å². The summed E-state index contributed by atoms with van der Waals surface area (Å²) in [5, 5.41) is 12.5. The summed E-state index contributed by atoms with van der Waals surface area (Å²) in [7, 11) is 0. The molecule has 3 atom stereocenters. The summed E-state index contributed by atoms with van der Waals surface area (Å²) in [4.78, 5) is 14.4. The average molecular weight is 379 g/mol. The van der Waals surface area contributed by atoms with Crippen LogP contribution in [-0.2, 0) is 4.79 Å². The monoisotopic (exact) mass is 379 g/mol. The van der Waals surface area contributed by atoms with Crippen LogP contribution in [0.1, 0.15) is 24.4 Å². The first-order valence-corrected chi connectivity index (χ1v) is 8.49. The molecule has 2 aliphatic rings. The summed E-state index contributed by atoms with van der Waals surface area (Å²) in [6.07, 6.45) is 1.73. The summed E-state index contributed by atoms with van der Waals surface area (Å²) >= 11 is 0. The van der Waals surface area contributed by atoms with Crippen LogP contribution in [0.15, 0.2) is 34.1 Å². The molecule has 10 heteroatoms. The van der Waals surface area contributed by atoms with Crippen molar-refractivity contribution in [1.82, 2.24) is 15.2 Å². The predicted molar refractivity (Wildman–Crippen MR) is 88.6 cm³/mol. The second kappa shape index (κ2) is 7.01. The van der Waals surface area contributed by atoms with Crippen molar-refractivity contribution in [3.8, 4) is 0 Å². The molecule has 1 saturated heterocycles. The second-order valence-corrected chi connectivity index (χ2v) is 6.51. The summed E-state index contributed by atoms with van der Waals surface area (Å²) in [6, 6.07) is 2.64. The summed E-state index contributed by atoms with van der Waals surface area (Å²) in [5.74, 6) is -2.88. The molecule has 1 fully saturated rings. The molecule has 2 aromatic rings. The lowest BCUT2D eigenvalue weighted by atomic mass is 9.93. The first-order chi connectivity index (χ1) is 13.0. The zero-order valence-electron chi connectivity index (χ0n) is 14.1. The van der Waals surface area contributed by atoms with Crippen molar-refractivity contribution in [3.05, 3.63) is 41.8 Å². The molecule has 2 aliphatic heterocycles. The number of hydrazone groups is 1. The third-order valence-electron chi connectivity index (χ3n) is 4.80. The maximum atomic E-state index is 14.7. The SMILES string of the molecule is O=C(C1CCN(c2nnco2)CC1F)N1N=CCC1c1cc(F)cc(F)c1. The maximum absolute atomic E-state index is 14.7. The Kier molecular flexibility index (Phi) is 4.54. The van der Waals surface area contributed by atoms with E-state index in [0.717, 1.165) is 29.6 Å². The Bertz CT molecular complexity index is 840. The van der Waals surface area contributed by atoms with Crippen molar-refractivity contribution in [3.63, 3.8) is 0 Å². The van der Waals surface area contributed by atoms with Crippen LogP contribution < -0.4 is 4.90 Å². The third kappa shape index (κ3) is 3.38. The van der Waals surface area contributed by atoms with Gasteiger partial charge >= 0.3 is 6.01 Å². The quantitative estimate of drug-likeness (QED) is 0.819. The fraction of sp³-hybridized carbons (Fsp3) is 0.412. The van der Waals surface area contributed by atoms with Crippen molar-refractivity contribution in [2.75, 3.05) is 18.0 Å². The highest BCUT2D eigenvalue weighted by Crippen LogP contribution is 2.33. The van der Waals surface area contributed by atoms with Crippen molar-refractivity contribution in [1.29, 1.82) is 0 Å². The van der Waals surface area contributed by atoms with Gasteiger partial charge in [0, 0.05) is 25.2 Å². The number of amides is 1. The smallest absolute Gasteiger partial charge is 0.318 e. The molecule has 0 aliphatic carbocycles. The van der Waals surface area contributed by atoms with Gasteiger partial charge in [0.15, 0.2) is 0 Å². The van der Waals surface area contributed by atoms with Crippen LogP contribution in [0.3, 0.4) is 0 Å². The summed E-state index contributed by atoms with van der Waals surface area (Å²) in [6.45, 7) is 0.311. The Hall–Kier alpha value is -2.91. The summed E-state index contributed by atoms with van der Waals surface area (Å²) < 4.78 is 46.8. The van der Waals surface area contributed by atoms with Crippen LogP contribution in [-0.4, -0.2) is 46.6 Å². The van der Waals surface area contributed by atoms with E-state index in [2.05, 4.69) is 15.3 Å². The van der Waals surface area contributed by atoms with E-state index in [1.165, 1.54) is 6.21 Å². The zero-order valence-corrected chi connectivity index (χ0v) is 14.1. The topological polar surface area (TPSA) is 74.8 Å². The first kappa shape index (κ1) is 17.5. The number of benzene rings is 1. The van der Waals surface area contributed by atoms with E-state index in [-0.39, 0.29) is 24.5 Å². The Morgan fingerprint density at radius 1 is 1.22 bits per heavy atom. The van der Waals surface area contributed by atoms with Gasteiger partial charge in [-0.1, -0.05) is 5.10 Å². The molecule has 0 radical (unpaired) electrons. The van der Waals surface area contributed by atoms with Gasteiger partial charge in [-0.2, -0.15) is 5.10 Å². The van der Waals surface area contributed by atoms with Gasteiger partial charge in [-0.15, -0.1) is 5.10 Å². The minimum absolute atomic E-state index is 0.0601. The van der Waals surface area contributed by atoms with Gasteiger partial charge in [0.1, 0.15) is 17.8 Å². The molecule has 3 heterocycles. The number of anilines is 1. The van der Waals surface area contributed by atoms with Gasteiger partial charge in [-0.05, 0) is 24.1 Å². The van der Waals surface area contributed by atoms with E-state index in [0.29, 0.717) is 13.0 Å². The number of hydrogen-bond acceptors (Lipinski definition) is 6. The Labute approximate surface area is 152 Å². The van der Waals surface area contributed by atoms with Gasteiger partial charge < -0.3 is 9.32 Å². The Balaban J connectivity index is 1.49. The normalized spacial score (nSPS) is 25.2. The molecule has 1 aromatic heterocycles. The second-order valence-electron chi connectivity index (χ2n) is 6.51. The highest BCUT2D eigenvalue weighted by Gasteiger charge is 2.41. The lowest BCUT2D eigenvalue weighted by molar-refractivity contribution is -0.140. The lowest BCUT2D eigenvalue weighted by Gasteiger charge is -2.35. The van der Waals surface area contributed by atoms with Crippen LogP contribution in [0, 0.1) is 17.6 Å². The van der Waals surface area contributed by atoms with E-state index < -0.39 is 35.7 Å². The molecule has 0 bridgehead atoms.